The maximum absolute atomic E-state index is 3.95. The molecule has 0 N–H and O–H groups in total. The van der Waals surface area contributed by atoms with E-state index in [9.17, 15) is 0 Å². The van der Waals surface area contributed by atoms with Gasteiger partial charge in [-0.25, -0.2) is 0 Å². The van der Waals surface area contributed by atoms with Crippen LogP contribution in [-0.2, 0) is 0 Å². The van der Waals surface area contributed by atoms with Crippen molar-refractivity contribution in [2.24, 2.45) is 5.92 Å². The molecule has 0 saturated heterocycles. The van der Waals surface area contributed by atoms with Gasteiger partial charge >= 0.3 is 0 Å². The quantitative estimate of drug-likeness (QED) is 0.125. The number of fused-ring (bicyclic) bond motifs is 3. The zero-order valence-corrected chi connectivity index (χ0v) is 37.6. The Morgan fingerprint density at radius 2 is 1.00 bits per heavy atom. The monoisotopic (exact) mass is 848 g/mol. The third-order valence-electron chi connectivity index (χ3n) is 13.9. The molecule has 1 aliphatic carbocycles. The Bertz CT molecular complexity index is 3330. The van der Waals surface area contributed by atoms with Crippen LogP contribution in [-0.4, -0.2) is 10.6 Å². The van der Waals surface area contributed by atoms with Crippen LogP contribution in [0.3, 0.4) is 0 Å². The molecule has 66 heavy (non-hydrogen) atoms. The van der Waals surface area contributed by atoms with Crippen LogP contribution < -0.4 is 4.90 Å². The number of nitrogens with zero attached hydrogens (tertiary/aromatic N) is 2. The number of allylic oxidation sites excluding steroid dienone is 1. The van der Waals surface area contributed by atoms with E-state index in [0.717, 1.165) is 17.7 Å². The lowest BCUT2D eigenvalue weighted by Crippen LogP contribution is -2.34. The molecule has 3 atom stereocenters. The third kappa shape index (κ3) is 7.65. The summed E-state index contributed by atoms with van der Waals surface area (Å²) in [4.78, 5) is 2.53. The lowest BCUT2D eigenvalue weighted by molar-refractivity contribution is 0.436. The summed E-state index contributed by atoms with van der Waals surface area (Å²) in [5, 5.41) is 2.54. The van der Waals surface area contributed by atoms with Gasteiger partial charge in [0, 0.05) is 33.8 Å². The van der Waals surface area contributed by atoms with Gasteiger partial charge in [0.05, 0.1) is 17.1 Å². The average molecular weight is 849 g/mol. The number of hydrogen-bond donors (Lipinski definition) is 0. The second kappa shape index (κ2) is 17.6. The zero-order valence-electron chi connectivity index (χ0n) is 37.6. The van der Waals surface area contributed by atoms with E-state index in [1.165, 1.54) is 88.8 Å². The van der Waals surface area contributed by atoms with Gasteiger partial charge in [0.15, 0.2) is 0 Å². The van der Waals surface area contributed by atoms with E-state index in [2.05, 4.69) is 260 Å². The largest absolute Gasteiger partial charge is 0.335 e. The highest BCUT2D eigenvalue weighted by Gasteiger charge is 2.29. The molecule has 9 aromatic carbocycles. The summed E-state index contributed by atoms with van der Waals surface area (Å²) >= 11 is 0. The molecular weight excluding hydrogens is 797 g/mol. The van der Waals surface area contributed by atoms with Crippen molar-refractivity contribution in [3.8, 4) is 50.2 Å². The number of aryl methyl sites for hydroxylation is 1. The van der Waals surface area contributed by atoms with Crippen LogP contribution in [0.1, 0.15) is 36.0 Å². The van der Waals surface area contributed by atoms with Crippen LogP contribution >= 0.6 is 0 Å². The van der Waals surface area contributed by atoms with E-state index in [0.29, 0.717) is 11.8 Å². The summed E-state index contributed by atoms with van der Waals surface area (Å²) in [5.41, 5.74) is 19.5. The molecule has 1 aliphatic rings. The predicted octanol–water partition coefficient (Wildman–Crippen LogP) is 17.3. The molecule has 2 nitrogen and oxygen atoms in total. The second-order valence-corrected chi connectivity index (χ2v) is 17.9. The highest BCUT2D eigenvalue weighted by Crippen LogP contribution is 2.42. The first-order valence-corrected chi connectivity index (χ1v) is 23.3. The average Bonchev–Trinajstić information content (AvgIpc) is 3.72. The second-order valence-electron chi connectivity index (χ2n) is 17.9. The highest BCUT2D eigenvalue weighted by molar-refractivity contribution is 6.13. The predicted molar refractivity (Wildman–Crippen MR) is 282 cm³/mol. The van der Waals surface area contributed by atoms with Gasteiger partial charge in [0.2, 0.25) is 0 Å². The van der Waals surface area contributed by atoms with Crippen LogP contribution in [0.4, 0.5) is 11.4 Å². The molecule has 0 aliphatic heterocycles. The van der Waals surface area contributed by atoms with Crippen molar-refractivity contribution < 1.29 is 0 Å². The van der Waals surface area contributed by atoms with E-state index < -0.39 is 0 Å². The zero-order chi connectivity index (χ0) is 44.6. The standard InChI is InChI=1S/C64H52N2/c1-4-46-20-22-51(23-21-46)54-32-40-62-61(43-54)64-45(3)60(39-41-63(64)66(62)55-18-12-7-13-19-55)53-26-24-48(25-27-53)50-30-35-57(36-31-50)65(56-33-28-49(29-34-56)47-14-8-5-9-15-47)58-37-38-59(44(2)42-58)52-16-10-6-11-17-52/h4-41,43-44,58-59H,1,42H2,2-3H3. The molecule has 0 fully saturated rings. The molecule has 2 heteroatoms. The number of anilines is 2. The number of rotatable bonds is 10. The minimum absolute atomic E-state index is 0.227. The summed E-state index contributed by atoms with van der Waals surface area (Å²) < 4.78 is 2.41. The van der Waals surface area contributed by atoms with Crippen LogP contribution in [0, 0.1) is 12.8 Å². The fourth-order valence-corrected chi connectivity index (χ4v) is 10.4. The summed E-state index contributed by atoms with van der Waals surface area (Å²) in [6, 6.07) is 80.2. The fourth-order valence-electron chi connectivity index (χ4n) is 10.4. The maximum atomic E-state index is 3.95. The summed E-state index contributed by atoms with van der Waals surface area (Å²) in [5.74, 6) is 0.908. The minimum Gasteiger partial charge on any atom is -0.335 e. The Morgan fingerprint density at radius 1 is 0.500 bits per heavy atom. The molecule has 0 bridgehead atoms. The normalized spacial score (nSPS) is 15.8. The number of aromatic nitrogens is 1. The van der Waals surface area contributed by atoms with E-state index >= 15 is 0 Å². The van der Waals surface area contributed by atoms with Gasteiger partial charge in [-0.15, -0.1) is 0 Å². The van der Waals surface area contributed by atoms with Crippen molar-refractivity contribution in [1.29, 1.82) is 0 Å². The van der Waals surface area contributed by atoms with E-state index in [1.54, 1.807) is 0 Å². The molecule has 318 valence electrons. The van der Waals surface area contributed by atoms with Gasteiger partial charge in [-0.3, -0.25) is 0 Å². The Balaban J connectivity index is 0.922. The molecule has 0 spiro atoms. The minimum atomic E-state index is 0.227. The van der Waals surface area contributed by atoms with E-state index in [4.69, 9.17) is 0 Å². The van der Waals surface area contributed by atoms with E-state index in [-0.39, 0.29) is 6.04 Å². The van der Waals surface area contributed by atoms with Gasteiger partial charge < -0.3 is 9.47 Å². The molecule has 10 aromatic rings. The smallest absolute Gasteiger partial charge is 0.0544 e. The summed E-state index contributed by atoms with van der Waals surface area (Å²) in [7, 11) is 0. The van der Waals surface area contributed by atoms with Gasteiger partial charge in [-0.1, -0.05) is 196 Å². The SMILES string of the molecule is C=Cc1ccc(-c2ccc3c(c2)c2c(C)c(-c4ccc(-c5ccc(N(c6ccc(-c7ccccc7)cc6)C6C=CC(c7ccccc7)C(C)C6)cc5)cc4)ccc2n3-c2ccccc2)cc1. The third-order valence-corrected chi connectivity index (χ3v) is 13.9. The molecule has 11 rings (SSSR count). The molecular formula is C64H52N2. The molecule has 1 heterocycles. The number of benzene rings is 9. The molecule has 0 amide bonds. The first-order valence-electron chi connectivity index (χ1n) is 23.3. The topological polar surface area (TPSA) is 8.17 Å². The van der Waals surface area contributed by atoms with Crippen LogP contribution in [0.5, 0.6) is 0 Å². The lowest BCUT2D eigenvalue weighted by Gasteiger charge is -2.38. The molecule has 1 aromatic heterocycles. The Kier molecular flexibility index (Phi) is 10.9. The Morgan fingerprint density at radius 3 is 1.61 bits per heavy atom. The molecule has 0 radical (unpaired) electrons. The molecule has 3 unspecified atom stereocenters. The first kappa shape index (κ1) is 40.8. The highest BCUT2D eigenvalue weighted by atomic mass is 15.2. The Hall–Kier alpha value is -7.94. The van der Waals surface area contributed by atoms with E-state index in [1.807, 2.05) is 6.08 Å². The van der Waals surface area contributed by atoms with Crippen molar-refractivity contribution in [2.45, 2.75) is 32.2 Å². The van der Waals surface area contributed by atoms with Gasteiger partial charge in [0.1, 0.15) is 0 Å². The van der Waals surface area contributed by atoms with Gasteiger partial charge in [-0.05, 0) is 135 Å². The lowest BCUT2D eigenvalue weighted by atomic mass is 9.78. The van der Waals surface area contributed by atoms with Gasteiger partial charge in [-0.2, -0.15) is 0 Å². The van der Waals surface area contributed by atoms with Crippen LogP contribution in [0.15, 0.2) is 237 Å². The maximum Gasteiger partial charge on any atom is 0.0544 e. The van der Waals surface area contributed by atoms with Gasteiger partial charge in [0.25, 0.3) is 0 Å². The van der Waals surface area contributed by atoms with Crippen LogP contribution in [0.25, 0.3) is 78.1 Å². The first-order chi connectivity index (χ1) is 32.5. The summed E-state index contributed by atoms with van der Waals surface area (Å²) in [6.07, 6.45) is 7.83. The number of para-hydroxylation sites is 1. The van der Waals surface area contributed by atoms with Crippen molar-refractivity contribution in [3.63, 3.8) is 0 Å². The van der Waals surface area contributed by atoms with Crippen molar-refractivity contribution in [3.05, 3.63) is 254 Å². The van der Waals surface area contributed by atoms with Crippen LogP contribution in [0.2, 0.25) is 0 Å². The Labute approximate surface area is 389 Å². The summed E-state index contributed by atoms with van der Waals surface area (Å²) in [6.45, 7) is 8.64. The fraction of sp³-hybridized carbons (Fsp3) is 0.0938. The van der Waals surface area contributed by atoms with Crippen molar-refractivity contribution >= 4 is 39.3 Å². The number of hydrogen-bond acceptors (Lipinski definition) is 1. The van der Waals surface area contributed by atoms with Crippen molar-refractivity contribution in [1.82, 2.24) is 4.57 Å². The molecule has 0 saturated carbocycles. The van der Waals surface area contributed by atoms with Crippen molar-refractivity contribution in [2.75, 3.05) is 4.90 Å².